The number of hydrogen-bond acceptors (Lipinski definition) is 3. The van der Waals surface area contributed by atoms with Gasteiger partial charge in [0, 0.05) is 6.54 Å². The van der Waals surface area contributed by atoms with E-state index in [1.807, 2.05) is 4.72 Å². The second-order valence-corrected chi connectivity index (χ2v) is 4.22. The van der Waals surface area contributed by atoms with E-state index in [-0.39, 0.29) is 6.54 Å². The standard InChI is InChI=1S/C8H9NO4S/c10-8(11)14(12,13)9-6-7-4-2-1-3-5-7/h1-5,9H,6H2,(H,10,11). The first-order valence-electron chi connectivity index (χ1n) is 3.79. The Morgan fingerprint density at radius 3 is 2.36 bits per heavy atom. The van der Waals surface area contributed by atoms with Crippen molar-refractivity contribution in [2.45, 2.75) is 6.54 Å². The van der Waals surface area contributed by atoms with Gasteiger partial charge in [-0.25, -0.2) is 17.9 Å². The lowest BCUT2D eigenvalue weighted by Crippen LogP contribution is -2.29. The maximum atomic E-state index is 10.8. The van der Waals surface area contributed by atoms with Crippen molar-refractivity contribution < 1.29 is 18.3 Å². The maximum absolute atomic E-state index is 10.8. The van der Waals surface area contributed by atoms with Crippen LogP contribution in [-0.2, 0) is 16.6 Å². The summed E-state index contributed by atoms with van der Waals surface area (Å²) in [7, 11) is -4.23. The van der Waals surface area contributed by atoms with Crippen LogP contribution in [0.1, 0.15) is 5.56 Å². The summed E-state index contributed by atoms with van der Waals surface area (Å²) in [5.41, 5.74) is 0.706. The Morgan fingerprint density at radius 1 is 1.29 bits per heavy atom. The van der Waals surface area contributed by atoms with Crippen molar-refractivity contribution in [2.24, 2.45) is 0 Å². The van der Waals surface area contributed by atoms with E-state index in [0.29, 0.717) is 5.56 Å². The molecule has 0 aliphatic heterocycles. The highest BCUT2D eigenvalue weighted by atomic mass is 32.2. The lowest BCUT2D eigenvalue weighted by molar-refractivity contribution is 0.218. The third-order valence-electron chi connectivity index (χ3n) is 1.54. The number of carbonyl (C=O) groups is 1. The van der Waals surface area contributed by atoms with Gasteiger partial charge < -0.3 is 5.11 Å². The van der Waals surface area contributed by atoms with Gasteiger partial charge in [-0.15, -0.1) is 0 Å². The molecule has 0 unspecified atom stereocenters. The average Bonchev–Trinajstić information content (AvgIpc) is 2.16. The predicted molar refractivity (Wildman–Crippen MR) is 50.2 cm³/mol. The van der Waals surface area contributed by atoms with Crippen LogP contribution in [-0.4, -0.2) is 18.8 Å². The molecule has 1 rings (SSSR count). The van der Waals surface area contributed by atoms with Gasteiger partial charge in [0.05, 0.1) is 0 Å². The van der Waals surface area contributed by atoms with Crippen LogP contribution in [0.3, 0.4) is 0 Å². The largest absolute Gasteiger partial charge is 0.469 e. The molecule has 0 aliphatic carbocycles. The van der Waals surface area contributed by atoms with Crippen LogP contribution < -0.4 is 4.72 Å². The lowest BCUT2D eigenvalue weighted by atomic mass is 10.2. The molecule has 1 aromatic carbocycles. The fraction of sp³-hybridized carbons (Fsp3) is 0.125. The topological polar surface area (TPSA) is 83.5 Å². The zero-order chi connectivity index (χ0) is 10.6. The molecule has 0 atom stereocenters. The van der Waals surface area contributed by atoms with Gasteiger partial charge in [-0.1, -0.05) is 30.3 Å². The van der Waals surface area contributed by atoms with Crippen molar-refractivity contribution in [3.05, 3.63) is 35.9 Å². The summed E-state index contributed by atoms with van der Waals surface area (Å²) in [6, 6.07) is 8.67. The minimum absolute atomic E-state index is 0.0184. The van der Waals surface area contributed by atoms with E-state index in [0.717, 1.165) is 0 Å². The number of rotatable bonds is 3. The van der Waals surface area contributed by atoms with Gasteiger partial charge in [-0.3, -0.25) is 0 Å². The molecule has 0 amide bonds. The van der Waals surface area contributed by atoms with Crippen molar-refractivity contribution in [1.29, 1.82) is 0 Å². The van der Waals surface area contributed by atoms with Gasteiger partial charge in [0.25, 0.3) is 0 Å². The normalized spacial score (nSPS) is 11.1. The third kappa shape index (κ3) is 2.82. The Kier molecular flexibility index (Phi) is 3.21. The van der Waals surface area contributed by atoms with Crippen LogP contribution >= 0.6 is 0 Å². The average molecular weight is 215 g/mol. The monoisotopic (exact) mass is 215 g/mol. The van der Waals surface area contributed by atoms with Crippen molar-refractivity contribution >= 4 is 15.3 Å². The molecule has 76 valence electrons. The predicted octanol–water partition coefficient (Wildman–Crippen LogP) is 0.784. The Bertz CT molecular complexity index is 412. The van der Waals surface area contributed by atoms with Crippen LogP contribution in [0.2, 0.25) is 0 Å². The van der Waals surface area contributed by atoms with E-state index in [9.17, 15) is 13.2 Å². The van der Waals surface area contributed by atoms with E-state index in [1.54, 1.807) is 30.3 Å². The van der Waals surface area contributed by atoms with Crippen LogP contribution in [0.25, 0.3) is 0 Å². The third-order valence-corrected chi connectivity index (χ3v) is 2.52. The van der Waals surface area contributed by atoms with Crippen molar-refractivity contribution in [1.82, 2.24) is 4.72 Å². The fourth-order valence-electron chi connectivity index (χ4n) is 0.836. The molecule has 0 saturated carbocycles. The molecule has 0 aromatic heterocycles. The molecule has 0 fully saturated rings. The minimum atomic E-state index is -4.23. The SMILES string of the molecule is O=C(O)S(=O)(=O)NCc1ccccc1. The molecule has 14 heavy (non-hydrogen) atoms. The lowest BCUT2D eigenvalue weighted by Gasteiger charge is -2.01. The first kappa shape index (κ1) is 10.7. The van der Waals surface area contributed by atoms with E-state index >= 15 is 0 Å². The molecule has 0 bridgehead atoms. The Labute approximate surface area is 81.4 Å². The highest BCUT2D eigenvalue weighted by Gasteiger charge is 2.19. The molecule has 2 N–H and O–H groups in total. The van der Waals surface area contributed by atoms with E-state index in [4.69, 9.17) is 5.11 Å². The van der Waals surface area contributed by atoms with E-state index < -0.39 is 15.3 Å². The smallest absolute Gasteiger partial charge is 0.437 e. The van der Waals surface area contributed by atoms with Crippen molar-refractivity contribution in [2.75, 3.05) is 0 Å². The Hall–Kier alpha value is -1.40. The molecule has 0 spiro atoms. The van der Waals surface area contributed by atoms with Gasteiger partial charge in [0.1, 0.15) is 0 Å². The number of nitrogens with one attached hydrogen (secondary N) is 1. The van der Waals surface area contributed by atoms with Crippen LogP contribution in [0.15, 0.2) is 30.3 Å². The second kappa shape index (κ2) is 4.21. The van der Waals surface area contributed by atoms with Crippen LogP contribution in [0.5, 0.6) is 0 Å². The van der Waals surface area contributed by atoms with Crippen molar-refractivity contribution in [3.63, 3.8) is 0 Å². The summed E-state index contributed by atoms with van der Waals surface area (Å²) in [6.07, 6.45) is 0. The summed E-state index contributed by atoms with van der Waals surface area (Å²) < 4.78 is 23.5. The molecule has 0 radical (unpaired) electrons. The molecule has 0 heterocycles. The zero-order valence-electron chi connectivity index (χ0n) is 7.17. The molecular formula is C8H9NO4S. The first-order valence-corrected chi connectivity index (χ1v) is 5.27. The molecule has 0 aliphatic rings. The highest BCUT2D eigenvalue weighted by molar-refractivity contribution is 8.03. The highest BCUT2D eigenvalue weighted by Crippen LogP contribution is 1.98. The summed E-state index contributed by atoms with van der Waals surface area (Å²) in [5, 5.41) is 6.40. The second-order valence-electron chi connectivity index (χ2n) is 2.58. The van der Waals surface area contributed by atoms with E-state index in [1.165, 1.54) is 0 Å². The minimum Gasteiger partial charge on any atom is -0.469 e. The van der Waals surface area contributed by atoms with Gasteiger partial charge in [0.2, 0.25) is 0 Å². The molecular weight excluding hydrogens is 206 g/mol. The Morgan fingerprint density at radius 2 is 1.86 bits per heavy atom. The zero-order valence-corrected chi connectivity index (χ0v) is 7.99. The number of benzene rings is 1. The number of sulfonamides is 1. The quantitative estimate of drug-likeness (QED) is 0.780. The number of carboxylic acid groups (broad SMARTS) is 1. The summed E-state index contributed by atoms with van der Waals surface area (Å²) in [6.45, 7) is -0.0184. The van der Waals surface area contributed by atoms with Gasteiger partial charge >= 0.3 is 15.3 Å². The first-order chi connectivity index (χ1) is 6.52. The summed E-state index contributed by atoms with van der Waals surface area (Å²) in [4.78, 5) is 10.2. The maximum Gasteiger partial charge on any atom is 0.437 e. The molecule has 6 heteroatoms. The van der Waals surface area contributed by atoms with Crippen LogP contribution in [0.4, 0.5) is 4.79 Å². The molecule has 5 nitrogen and oxygen atoms in total. The van der Waals surface area contributed by atoms with Crippen molar-refractivity contribution in [3.8, 4) is 0 Å². The van der Waals surface area contributed by atoms with Gasteiger partial charge in [-0.05, 0) is 5.56 Å². The Balaban J connectivity index is 2.63. The van der Waals surface area contributed by atoms with E-state index in [2.05, 4.69) is 0 Å². The van der Waals surface area contributed by atoms with Crippen LogP contribution in [0, 0.1) is 0 Å². The van der Waals surface area contributed by atoms with Gasteiger partial charge in [-0.2, -0.15) is 0 Å². The molecule has 1 aromatic rings. The molecule has 0 saturated heterocycles. The van der Waals surface area contributed by atoms with Gasteiger partial charge in [0.15, 0.2) is 0 Å². The number of hydrogen-bond donors (Lipinski definition) is 2. The fourth-order valence-corrected chi connectivity index (χ4v) is 1.32. The summed E-state index contributed by atoms with van der Waals surface area (Å²) >= 11 is 0. The summed E-state index contributed by atoms with van der Waals surface area (Å²) in [5.74, 6) is 0.